The molecule has 0 bridgehead atoms. The van der Waals surface area contributed by atoms with E-state index in [0.29, 0.717) is 5.56 Å². The molecule has 0 aliphatic carbocycles. The van der Waals surface area contributed by atoms with E-state index in [4.69, 9.17) is 23.6 Å². The summed E-state index contributed by atoms with van der Waals surface area (Å²) in [5, 5.41) is -2.38. The number of para-hydroxylation sites is 1. The monoisotopic (exact) mass is 620 g/mol. The van der Waals surface area contributed by atoms with Gasteiger partial charge in [0.1, 0.15) is 11.3 Å². The van der Waals surface area contributed by atoms with E-state index >= 15 is 0 Å². The summed E-state index contributed by atoms with van der Waals surface area (Å²) in [5.74, 6) is -0.570. The van der Waals surface area contributed by atoms with Gasteiger partial charge in [-0.3, -0.25) is 0 Å². The topological polar surface area (TPSA) is 13.1 Å². The van der Waals surface area contributed by atoms with Crippen molar-refractivity contribution >= 4 is 32.5 Å². The standard InChI is InChI=1S/C46H30O/c1-4-15-31(16-5-1)32-27-29-35(30-28-32)45-44(41-26-14-25-36(46(41)47-45)33-17-6-2-7-18-33)43-39-23-12-10-21-37(39)42(34-19-8-3-9-20-34)38-22-11-13-24-40(38)43/h1-30H/i2D,3D,6D,7D,8D,9D,10D,11D,12D,13D,17D,18D,19D,20D,21D,22D,23D,24D,27D,28D,29D,30D. The molecule has 0 N–H and O–H groups in total. The lowest BCUT2D eigenvalue weighted by Gasteiger charge is -2.18. The summed E-state index contributed by atoms with van der Waals surface area (Å²) in [6.45, 7) is 0. The molecule has 0 aliphatic heterocycles. The van der Waals surface area contributed by atoms with Crippen LogP contribution in [0.15, 0.2) is 186 Å². The molecule has 9 rings (SSSR count). The van der Waals surface area contributed by atoms with Crippen LogP contribution in [0, 0.1) is 0 Å². The lowest BCUT2D eigenvalue weighted by Crippen LogP contribution is -1.91. The second-order valence-electron chi connectivity index (χ2n) is 10.4. The van der Waals surface area contributed by atoms with Gasteiger partial charge in [-0.2, -0.15) is 0 Å². The number of rotatable bonds is 5. The summed E-state index contributed by atoms with van der Waals surface area (Å²) < 4.78 is 204. The maximum atomic E-state index is 9.55. The first-order chi connectivity index (χ1) is 32.5. The molecule has 1 heterocycles. The molecule has 9 aromatic rings. The third-order valence-electron chi connectivity index (χ3n) is 7.77. The van der Waals surface area contributed by atoms with E-state index in [-0.39, 0.29) is 33.2 Å². The van der Waals surface area contributed by atoms with Crippen molar-refractivity contribution in [2.45, 2.75) is 0 Å². The third-order valence-corrected chi connectivity index (χ3v) is 7.77. The molecular weight excluding hydrogens is 569 g/mol. The third kappa shape index (κ3) is 4.56. The molecule has 0 unspecified atom stereocenters. The van der Waals surface area contributed by atoms with Gasteiger partial charge in [-0.15, -0.1) is 0 Å². The highest BCUT2D eigenvalue weighted by atomic mass is 16.3. The molecular formula is C46H30O. The molecule has 0 saturated carbocycles. The minimum absolute atomic E-state index is 0.117. The van der Waals surface area contributed by atoms with Gasteiger partial charge in [-0.05, 0) is 49.4 Å². The first-order valence-corrected chi connectivity index (χ1v) is 14.3. The van der Waals surface area contributed by atoms with E-state index < -0.39 is 182 Å². The van der Waals surface area contributed by atoms with Gasteiger partial charge in [0.15, 0.2) is 0 Å². The zero-order valence-corrected chi connectivity index (χ0v) is 24.0. The van der Waals surface area contributed by atoms with Gasteiger partial charge < -0.3 is 4.42 Å². The fourth-order valence-corrected chi connectivity index (χ4v) is 5.80. The lowest BCUT2D eigenvalue weighted by atomic mass is 9.84. The fraction of sp³-hybridized carbons (Fsp3) is 0. The average molecular weight is 621 g/mol. The van der Waals surface area contributed by atoms with Gasteiger partial charge in [-0.25, -0.2) is 0 Å². The van der Waals surface area contributed by atoms with Gasteiger partial charge in [0.05, 0.1) is 30.2 Å². The second kappa shape index (κ2) is 11.3. The average Bonchev–Trinajstić information content (AvgIpc) is 3.72. The molecule has 0 amide bonds. The Morgan fingerprint density at radius 1 is 0.340 bits per heavy atom. The summed E-state index contributed by atoms with van der Waals surface area (Å²) in [5.41, 5.74) is -3.30. The van der Waals surface area contributed by atoms with E-state index in [1.165, 1.54) is 18.2 Å². The van der Waals surface area contributed by atoms with Crippen molar-refractivity contribution in [1.82, 2.24) is 0 Å². The van der Waals surface area contributed by atoms with Crippen molar-refractivity contribution in [3.05, 3.63) is 181 Å². The van der Waals surface area contributed by atoms with E-state index in [9.17, 15) is 11.0 Å². The Balaban J connectivity index is 1.63. The molecule has 220 valence electrons. The highest BCUT2D eigenvalue weighted by Crippen LogP contribution is 2.50. The Hall–Kier alpha value is -6.18. The maximum Gasteiger partial charge on any atom is 0.143 e. The summed E-state index contributed by atoms with van der Waals surface area (Å²) in [6, 6.07) is -5.18. The second-order valence-corrected chi connectivity index (χ2v) is 10.4. The Bertz CT molecular complexity index is 3640. The van der Waals surface area contributed by atoms with Crippen LogP contribution >= 0.6 is 0 Å². The van der Waals surface area contributed by atoms with Crippen LogP contribution in [0.25, 0.3) is 88.3 Å². The van der Waals surface area contributed by atoms with Gasteiger partial charge in [0, 0.05) is 27.6 Å². The molecule has 1 aromatic heterocycles. The highest BCUT2D eigenvalue weighted by molar-refractivity contribution is 6.25. The van der Waals surface area contributed by atoms with Gasteiger partial charge in [0.25, 0.3) is 0 Å². The van der Waals surface area contributed by atoms with Crippen LogP contribution < -0.4 is 0 Å². The molecule has 0 saturated heterocycles. The molecule has 1 heteroatoms. The molecule has 47 heavy (non-hydrogen) atoms. The Morgan fingerprint density at radius 2 is 0.872 bits per heavy atom. The highest BCUT2D eigenvalue weighted by Gasteiger charge is 2.25. The first kappa shape index (κ1) is 12.9. The summed E-state index contributed by atoms with van der Waals surface area (Å²) in [6.07, 6.45) is 0. The van der Waals surface area contributed by atoms with Crippen LogP contribution in [-0.4, -0.2) is 0 Å². The number of furan rings is 1. The summed E-state index contributed by atoms with van der Waals surface area (Å²) >= 11 is 0. The lowest BCUT2D eigenvalue weighted by molar-refractivity contribution is 0.633. The van der Waals surface area contributed by atoms with Crippen LogP contribution in [0.2, 0.25) is 0 Å². The number of fused-ring (bicyclic) bond motifs is 3. The normalized spacial score (nSPS) is 18.0. The van der Waals surface area contributed by atoms with Crippen LogP contribution in [0.5, 0.6) is 0 Å². The first-order valence-electron chi connectivity index (χ1n) is 25.3. The Morgan fingerprint density at radius 3 is 1.49 bits per heavy atom. The van der Waals surface area contributed by atoms with Crippen molar-refractivity contribution in [2.75, 3.05) is 0 Å². The zero-order chi connectivity index (χ0) is 50.3. The van der Waals surface area contributed by atoms with E-state index in [1.807, 2.05) is 0 Å². The molecule has 0 atom stereocenters. The SMILES string of the molecule is [2H]c1c([2H])c([2H])c(-c2cccc3c(-c4c5c([2H])c([2H])c([2H])c([2H])c5c(-c5c([2H])c([2H])c([2H])c([2H])c5[2H])c5c([2H])c([2H])c([2H])c([2H])c45)c(-c4c([2H])c([2H])c(-c5ccccc5)c([2H])c4[2H])oc23)c([2H])c1[2H]. The van der Waals surface area contributed by atoms with Crippen molar-refractivity contribution < 1.29 is 34.6 Å². The van der Waals surface area contributed by atoms with Crippen LogP contribution in [-0.2, 0) is 0 Å². The van der Waals surface area contributed by atoms with E-state index in [0.717, 1.165) is 0 Å². The molecule has 1 nitrogen and oxygen atoms in total. The zero-order valence-electron chi connectivity index (χ0n) is 46.0. The molecule has 0 radical (unpaired) electrons. The van der Waals surface area contributed by atoms with Crippen molar-refractivity contribution in [3.8, 4) is 55.8 Å². The van der Waals surface area contributed by atoms with Gasteiger partial charge in [0.2, 0.25) is 0 Å². The van der Waals surface area contributed by atoms with Crippen molar-refractivity contribution in [3.63, 3.8) is 0 Å². The summed E-state index contributed by atoms with van der Waals surface area (Å²) in [7, 11) is 0. The minimum atomic E-state index is -0.885. The predicted octanol–water partition coefficient (Wildman–Crippen LogP) is 13.1. The molecule has 0 fully saturated rings. The molecule has 8 aromatic carbocycles. The number of hydrogen-bond acceptors (Lipinski definition) is 1. The van der Waals surface area contributed by atoms with E-state index in [2.05, 4.69) is 0 Å². The Labute approximate surface area is 304 Å². The van der Waals surface area contributed by atoms with E-state index in [1.54, 1.807) is 30.3 Å². The fourth-order valence-electron chi connectivity index (χ4n) is 5.80. The number of benzene rings is 8. The largest absolute Gasteiger partial charge is 0.455 e. The quantitative estimate of drug-likeness (QED) is 0.174. The van der Waals surface area contributed by atoms with Gasteiger partial charge in [-0.1, -0.05) is 181 Å². The maximum absolute atomic E-state index is 9.55. The van der Waals surface area contributed by atoms with Crippen LogP contribution in [0.4, 0.5) is 0 Å². The molecule has 0 spiro atoms. The molecule has 0 aliphatic rings. The van der Waals surface area contributed by atoms with Crippen LogP contribution in [0.3, 0.4) is 0 Å². The van der Waals surface area contributed by atoms with Gasteiger partial charge >= 0.3 is 0 Å². The number of hydrogen-bond donors (Lipinski definition) is 0. The smallest absolute Gasteiger partial charge is 0.143 e. The van der Waals surface area contributed by atoms with Crippen molar-refractivity contribution in [2.24, 2.45) is 0 Å². The van der Waals surface area contributed by atoms with Crippen LogP contribution in [0.1, 0.15) is 30.2 Å². The predicted molar refractivity (Wildman–Crippen MR) is 198 cm³/mol. The van der Waals surface area contributed by atoms with Crippen molar-refractivity contribution in [1.29, 1.82) is 0 Å². The summed E-state index contributed by atoms with van der Waals surface area (Å²) in [4.78, 5) is 0. The Kier molecular flexibility index (Phi) is 3.11. The minimum Gasteiger partial charge on any atom is -0.455 e.